The Labute approximate surface area is 133 Å². The average molecular weight is 310 g/mol. The minimum absolute atomic E-state index is 0.00313. The van der Waals surface area contributed by atoms with Crippen LogP contribution in [0, 0.1) is 0 Å². The fourth-order valence-electron chi connectivity index (χ4n) is 3.19. The van der Waals surface area contributed by atoms with E-state index in [9.17, 15) is 4.79 Å². The lowest BCUT2D eigenvalue weighted by Crippen LogP contribution is -2.40. The van der Waals surface area contributed by atoms with E-state index in [1.54, 1.807) is 19.0 Å². The Morgan fingerprint density at radius 3 is 2.50 bits per heavy atom. The normalized spacial score (nSPS) is 27.5. The van der Waals surface area contributed by atoms with Gasteiger partial charge >= 0.3 is 0 Å². The SMILES string of the molecule is CN(C)C(=O)C1CCC(CN=C(N)NC2CCCCCC2)O1. The van der Waals surface area contributed by atoms with Crippen molar-refractivity contribution in [3.05, 3.63) is 0 Å². The van der Waals surface area contributed by atoms with Gasteiger partial charge in [-0.25, -0.2) is 0 Å². The first-order valence-electron chi connectivity index (χ1n) is 8.49. The van der Waals surface area contributed by atoms with Gasteiger partial charge in [0.15, 0.2) is 5.96 Å². The van der Waals surface area contributed by atoms with Crippen LogP contribution in [0.3, 0.4) is 0 Å². The number of hydrogen-bond acceptors (Lipinski definition) is 3. The van der Waals surface area contributed by atoms with Crippen LogP contribution in [0.1, 0.15) is 51.4 Å². The average Bonchev–Trinajstić information content (AvgIpc) is 2.82. The Morgan fingerprint density at radius 2 is 1.86 bits per heavy atom. The maximum absolute atomic E-state index is 11.9. The molecule has 0 aromatic heterocycles. The molecule has 2 fully saturated rings. The van der Waals surface area contributed by atoms with Crippen molar-refractivity contribution in [1.82, 2.24) is 10.2 Å². The number of carbonyl (C=O) groups excluding carboxylic acids is 1. The molecule has 2 unspecified atom stereocenters. The van der Waals surface area contributed by atoms with Gasteiger partial charge in [-0.15, -0.1) is 0 Å². The predicted molar refractivity (Wildman–Crippen MR) is 87.7 cm³/mol. The van der Waals surface area contributed by atoms with Gasteiger partial charge in [0.2, 0.25) is 0 Å². The first kappa shape index (κ1) is 17.1. The molecule has 1 amide bonds. The van der Waals surface area contributed by atoms with Crippen LogP contribution >= 0.6 is 0 Å². The summed E-state index contributed by atoms with van der Waals surface area (Å²) in [5, 5.41) is 3.33. The van der Waals surface area contributed by atoms with Crippen LogP contribution in [-0.2, 0) is 9.53 Å². The van der Waals surface area contributed by atoms with Crippen LogP contribution in [-0.4, -0.2) is 55.7 Å². The summed E-state index contributed by atoms with van der Waals surface area (Å²) < 4.78 is 5.76. The predicted octanol–water partition coefficient (Wildman–Crippen LogP) is 1.25. The summed E-state index contributed by atoms with van der Waals surface area (Å²) in [5.41, 5.74) is 5.98. The molecule has 6 nitrogen and oxygen atoms in total. The molecule has 22 heavy (non-hydrogen) atoms. The number of guanidine groups is 1. The van der Waals surface area contributed by atoms with E-state index in [0.717, 1.165) is 12.8 Å². The van der Waals surface area contributed by atoms with Gasteiger partial charge in [0, 0.05) is 20.1 Å². The molecule has 0 aromatic rings. The largest absolute Gasteiger partial charge is 0.370 e. The van der Waals surface area contributed by atoms with Gasteiger partial charge in [-0.1, -0.05) is 25.7 Å². The summed E-state index contributed by atoms with van der Waals surface area (Å²) in [6.45, 7) is 0.531. The van der Waals surface area contributed by atoms with Gasteiger partial charge in [0.05, 0.1) is 12.6 Å². The number of aliphatic imine (C=N–C) groups is 1. The first-order valence-corrected chi connectivity index (χ1v) is 8.49. The van der Waals surface area contributed by atoms with E-state index in [-0.39, 0.29) is 18.1 Å². The summed E-state index contributed by atoms with van der Waals surface area (Å²) in [6, 6.07) is 0.457. The van der Waals surface area contributed by atoms with Gasteiger partial charge in [-0.3, -0.25) is 9.79 Å². The van der Waals surface area contributed by atoms with E-state index >= 15 is 0 Å². The molecule has 2 rings (SSSR count). The van der Waals surface area contributed by atoms with Gasteiger partial charge in [0.25, 0.3) is 5.91 Å². The van der Waals surface area contributed by atoms with E-state index in [1.807, 2.05) is 0 Å². The smallest absolute Gasteiger partial charge is 0.251 e. The van der Waals surface area contributed by atoms with E-state index in [0.29, 0.717) is 18.5 Å². The lowest BCUT2D eigenvalue weighted by atomic mass is 10.1. The Balaban J connectivity index is 1.73. The second kappa shape index (κ2) is 8.36. The van der Waals surface area contributed by atoms with Gasteiger partial charge in [0.1, 0.15) is 6.10 Å². The molecule has 1 aliphatic heterocycles. The van der Waals surface area contributed by atoms with Gasteiger partial charge in [-0.05, 0) is 25.7 Å². The van der Waals surface area contributed by atoms with Crippen LogP contribution in [0.5, 0.6) is 0 Å². The van der Waals surface area contributed by atoms with Gasteiger partial charge < -0.3 is 20.7 Å². The third kappa shape index (κ3) is 5.16. The van der Waals surface area contributed by atoms with Crippen molar-refractivity contribution in [3.63, 3.8) is 0 Å². The number of likely N-dealkylation sites (N-methyl/N-ethyl adjacent to an activating group) is 1. The molecule has 3 N–H and O–H groups in total. The van der Waals surface area contributed by atoms with Crippen molar-refractivity contribution in [3.8, 4) is 0 Å². The highest BCUT2D eigenvalue weighted by atomic mass is 16.5. The van der Waals surface area contributed by atoms with Gasteiger partial charge in [-0.2, -0.15) is 0 Å². The molecule has 0 bridgehead atoms. The fraction of sp³-hybridized carbons (Fsp3) is 0.875. The third-order valence-corrected chi connectivity index (χ3v) is 4.50. The highest BCUT2D eigenvalue weighted by molar-refractivity contribution is 5.80. The molecular weight excluding hydrogens is 280 g/mol. The molecule has 1 saturated heterocycles. The maximum atomic E-state index is 11.9. The monoisotopic (exact) mass is 310 g/mol. The topological polar surface area (TPSA) is 80.0 Å². The standard InChI is InChI=1S/C16H30N4O2/c1-20(2)15(21)14-10-9-13(22-14)11-18-16(17)19-12-7-5-3-4-6-8-12/h12-14H,3-11H2,1-2H3,(H3,17,18,19). The number of nitrogens with two attached hydrogens (primary N) is 1. The number of amides is 1. The molecule has 126 valence electrons. The number of nitrogens with one attached hydrogen (secondary N) is 1. The molecule has 0 spiro atoms. The summed E-state index contributed by atoms with van der Waals surface area (Å²) in [5.74, 6) is 0.550. The summed E-state index contributed by atoms with van der Waals surface area (Å²) in [4.78, 5) is 17.8. The number of rotatable bonds is 4. The fourth-order valence-corrected chi connectivity index (χ4v) is 3.19. The molecule has 2 aliphatic rings. The Kier molecular flexibility index (Phi) is 6.49. The van der Waals surface area contributed by atoms with Crippen molar-refractivity contribution in [2.45, 2.75) is 69.6 Å². The lowest BCUT2D eigenvalue weighted by molar-refractivity contribution is -0.140. The molecule has 0 aromatic carbocycles. The third-order valence-electron chi connectivity index (χ3n) is 4.50. The molecule has 1 aliphatic carbocycles. The summed E-state index contributed by atoms with van der Waals surface area (Å²) >= 11 is 0. The van der Waals surface area contributed by atoms with E-state index < -0.39 is 0 Å². The zero-order chi connectivity index (χ0) is 15.9. The van der Waals surface area contributed by atoms with E-state index in [1.165, 1.54) is 38.5 Å². The lowest BCUT2D eigenvalue weighted by Gasteiger charge is -2.18. The molecular formula is C16H30N4O2. The number of nitrogens with zero attached hydrogens (tertiary/aromatic N) is 2. The van der Waals surface area contributed by atoms with Crippen LogP contribution in [0.15, 0.2) is 4.99 Å². The maximum Gasteiger partial charge on any atom is 0.251 e. The minimum atomic E-state index is -0.314. The Morgan fingerprint density at radius 1 is 1.18 bits per heavy atom. The van der Waals surface area contributed by atoms with Crippen LogP contribution in [0.4, 0.5) is 0 Å². The van der Waals surface area contributed by atoms with E-state index in [4.69, 9.17) is 10.5 Å². The van der Waals surface area contributed by atoms with E-state index in [2.05, 4.69) is 10.3 Å². The Bertz CT molecular complexity index is 390. The second-order valence-electron chi connectivity index (χ2n) is 6.62. The molecule has 1 saturated carbocycles. The molecule has 1 heterocycles. The highest BCUT2D eigenvalue weighted by Gasteiger charge is 2.31. The zero-order valence-corrected chi connectivity index (χ0v) is 13.9. The van der Waals surface area contributed by atoms with Crippen molar-refractivity contribution in [2.24, 2.45) is 10.7 Å². The number of hydrogen-bond donors (Lipinski definition) is 2. The highest BCUT2D eigenvalue weighted by Crippen LogP contribution is 2.21. The number of ether oxygens (including phenoxy) is 1. The van der Waals surface area contributed by atoms with Crippen molar-refractivity contribution >= 4 is 11.9 Å². The van der Waals surface area contributed by atoms with Crippen molar-refractivity contribution in [1.29, 1.82) is 0 Å². The first-order chi connectivity index (χ1) is 10.6. The van der Waals surface area contributed by atoms with Crippen molar-refractivity contribution in [2.75, 3.05) is 20.6 Å². The molecule has 2 atom stereocenters. The second-order valence-corrected chi connectivity index (χ2v) is 6.62. The summed E-state index contributed by atoms with van der Waals surface area (Å²) in [6.07, 6.45) is 8.87. The molecule has 6 heteroatoms. The zero-order valence-electron chi connectivity index (χ0n) is 13.9. The quantitative estimate of drug-likeness (QED) is 0.465. The van der Waals surface area contributed by atoms with Crippen LogP contribution < -0.4 is 11.1 Å². The van der Waals surface area contributed by atoms with Crippen LogP contribution in [0.2, 0.25) is 0 Å². The Hall–Kier alpha value is -1.30. The van der Waals surface area contributed by atoms with Crippen molar-refractivity contribution < 1.29 is 9.53 Å². The number of carbonyl (C=O) groups is 1. The summed E-state index contributed by atoms with van der Waals surface area (Å²) in [7, 11) is 3.51. The van der Waals surface area contributed by atoms with Crippen LogP contribution in [0.25, 0.3) is 0 Å². The molecule has 0 radical (unpaired) electrons. The minimum Gasteiger partial charge on any atom is -0.370 e.